The molecule has 2 fully saturated rings. The molecule has 2 aliphatic rings. The van der Waals surface area contributed by atoms with Gasteiger partial charge in [0.05, 0.1) is 11.4 Å². The molecule has 0 saturated carbocycles. The summed E-state index contributed by atoms with van der Waals surface area (Å²) in [7, 11) is -1.76. The van der Waals surface area contributed by atoms with Crippen LogP contribution < -0.4 is 4.90 Å². The van der Waals surface area contributed by atoms with Crippen molar-refractivity contribution in [3.8, 4) is 0 Å². The fourth-order valence-corrected chi connectivity index (χ4v) is 6.60. The van der Waals surface area contributed by atoms with Crippen LogP contribution in [-0.4, -0.2) is 68.5 Å². The van der Waals surface area contributed by atoms with E-state index in [4.69, 9.17) is 0 Å². The predicted molar refractivity (Wildman–Crippen MR) is 106 cm³/mol. The Balaban J connectivity index is 1.36. The molecule has 5 heterocycles. The molecule has 0 aliphatic carbocycles. The van der Waals surface area contributed by atoms with Crippen molar-refractivity contribution in [2.75, 3.05) is 31.1 Å². The summed E-state index contributed by atoms with van der Waals surface area (Å²) in [5, 5.41) is 17.1. The van der Waals surface area contributed by atoms with Crippen molar-refractivity contribution in [1.82, 2.24) is 33.9 Å². The van der Waals surface area contributed by atoms with Crippen molar-refractivity contribution in [1.29, 1.82) is 0 Å². The molecular weight excluding hydrogens is 392 g/mol. The molecule has 0 N–H and O–H groups in total. The molecule has 5 rings (SSSR count). The van der Waals surface area contributed by atoms with Crippen LogP contribution >= 0.6 is 0 Å². The first kappa shape index (κ1) is 18.5. The third-order valence-electron chi connectivity index (χ3n) is 6.22. The van der Waals surface area contributed by atoms with Crippen LogP contribution in [0.15, 0.2) is 17.0 Å². The second kappa shape index (κ2) is 6.23. The van der Waals surface area contributed by atoms with E-state index in [-0.39, 0.29) is 0 Å². The van der Waals surface area contributed by atoms with Gasteiger partial charge in [-0.15, -0.1) is 15.3 Å². The second-order valence-electron chi connectivity index (χ2n) is 8.08. The van der Waals surface area contributed by atoms with Gasteiger partial charge in [0, 0.05) is 33.2 Å². The number of fused-ring (bicyclic) bond motifs is 2. The van der Waals surface area contributed by atoms with Crippen LogP contribution in [0.5, 0.6) is 0 Å². The summed E-state index contributed by atoms with van der Waals surface area (Å²) in [4.78, 5) is 2.59. The van der Waals surface area contributed by atoms with Gasteiger partial charge in [-0.1, -0.05) is 0 Å². The standard InChI is InChI=1S/C18H24N8O2S/c1-11-18(12(2)23(4)21-11)29(27,28)25-9-14-7-24(8-15(14)10-25)17-6-5-16-20-19-13(3)26(16)22-17/h5-6,14-15H,7-10H2,1-4H3. The van der Waals surface area contributed by atoms with Crippen molar-refractivity contribution < 1.29 is 8.42 Å². The molecule has 0 radical (unpaired) electrons. The summed E-state index contributed by atoms with van der Waals surface area (Å²) >= 11 is 0. The first-order valence-electron chi connectivity index (χ1n) is 9.70. The van der Waals surface area contributed by atoms with Crippen LogP contribution in [0, 0.1) is 32.6 Å². The highest BCUT2D eigenvalue weighted by atomic mass is 32.2. The lowest BCUT2D eigenvalue weighted by atomic mass is 10.0. The van der Waals surface area contributed by atoms with Gasteiger partial charge in [-0.2, -0.15) is 13.9 Å². The maximum Gasteiger partial charge on any atom is 0.246 e. The average Bonchev–Trinajstić information content (AvgIpc) is 3.39. The van der Waals surface area contributed by atoms with Gasteiger partial charge in [0.25, 0.3) is 0 Å². The highest BCUT2D eigenvalue weighted by Gasteiger charge is 2.45. The lowest BCUT2D eigenvalue weighted by Crippen LogP contribution is -2.34. The molecule has 2 unspecified atom stereocenters. The minimum Gasteiger partial charge on any atom is -0.355 e. The molecule has 0 aromatic carbocycles. The second-order valence-corrected chi connectivity index (χ2v) is 9.95. The summed E-state index contributed by atoms with van der Waals surface area (Å²) < 4.78 is 31.5. The molecule has 2 atom stereocenters. The van der Waals surface area contributed by atoms with Crippen molar-refractivity contribution in [2.24, 2.45) is 18.9 Å². The first-order valence-corrected chi connectivity index (χ1v) is 11.1. The monoisotopic (exact) mass is 416 g/mol. The molecule has 11 heteroatoms. The molecule has 0 bridgehead atoms. The first-order chi connectivity index (χ1) is 13.8. The molecule has 29 heavy (non-hydrogen) atoms. The Labute approximate surface area is 169 Å². The fourth-order valence-electron chi connectivity index (χ4n) is 4.65. The van der Waals surface area contributed by atoms with E-state index >= 15 is 0 Å². The van der Waals surface area contributed by atoms with Gasteiger partial charge in [0.2, 0.25) is 10.0 Å². The van der Waals surface area contributed by atoms with E-state index in [1.54, 1.807) is 34.4 Å². The topological polar surface area (TPSA) is 102 Å². The Bertz CT molecular complexity index is 1200. The van der Waals surface area contributed by atoms with Crippen LogP contribution in [-0.2, 0) is 17.1 Å². The maximum absolute atomic E-state index is 13.3. The fraction of sp³-hybridized carbons (Fsp3) is 0.556. The summed E-state index contributed by atoms with van der Waals surface area (Å²) in [6, 6.07) is 3.88. The predicted octanol–water partition coefficient (Wildman–Crippen LogP) is 0.540. The number of aryl methyl sites for hydroxylation is 3. The lowest BCUT2D eigenvalue weighted by Gasteiger charge is -2.22. The van der Waals surface area contributed by atoms with Gasteiger partial charge >= 0.3 is 0 Å². The Kier molecular flexibility index (Phi) is 3.97. The molecule has 2 aliphatic heterocycles. The minimum absolute atomic E-state index is 0.293. The summed E-state index contributed by atoms with van der Waals surface area (Å²) in [6.45, 7) is 8.09. The summed E-state index contributed by atoms with van der Waals surface area (Å²) in [5.41, 5.74) is 1.97. The van der Waals surface area contributed by atoms with E-state index < -0.39 is 10.0 Å². The van der Waals surface area contributed by atoms with E-state index in [0.29, 0.717) is 41.2 Å². The zero-order valence-electron chi connectivity index (χ0n) is 16.9. The number of rotatable bonds is 3. The maximum atomic E-state index is 13.3. The van der Waals surface area contributed by atoms with E-state index in [9.17, 15) is 8.42 Å². The quantitative estimate of drug-likeness (QED) is 0.614. The van der Waals surface area contributed by atoms with Gasteiger partial charge in [-0.25, -0.2) is 8.42 Å². The number of hydrogen-bond acceptors (Lipinski definition) is 7. The summed E-state index contributed by atoms with van der Waals surface area (Å²) in [6.07, 6.45) is 0. The zero-order chi connectivity index (χ0) is 20.5. The lowest BCUT2D eigenvalue weighted by molar-refractivity contribution is 0.452. The van der Waals surface area contributed by atoms with Gasteiger partial charge in [0.1, 0.15) is 10.7 Å². The Hall–Kier alpha value is -2.53. The number of sulfonamides is 1. The molecule has 0 amide bonds. The van der Waals surface area contributed by atoms with E-state index in [2.05, 4.69) is 25.3 Å². The van der Waals surface area contributed by atoms with Crippen molar-refractivity contribution in [3.05, 3.63) is 29.3 Å². The van der Waals surface area contributed by atoms with Crippen LogP contribution in [0.25, 0.3) is 5.65 Å². The average molecular weight is 417 g/mol. The van der Waals surface area contributed by atoms with Gasteiger partial charge in [-0.3, -0.25) is 4.68 Å². The number of hydrogen-bond donors (Lipinski definition) is 0. The number of aromatic nitrogens is 6. The van der Waals surface area contributed by atoms with E-state index in [1.807, 2.05) is 19.1 Å². The highest BCUT2D eigenvalue weighted by Crippen LogP contribution is 2.36. The van der Waals surface area contributed by atoms with Gasteiger partial charge in [-0.05, 0) is 44.7 Å². The zero-order valence-corrected chi connectivity index (χ0v) is 17.8. The molecule has 10 nitrogen and oxygen atoms in total. The van der Waals surface area contributed by atoms with Crippen LogP contribution in [0.1, 0.15) is 17.2 Å². The Morgan fingerprint density at radius 1 is 0.966 bits per heavy atom. The Morgan fingerprint density at radius 2 is 1.66 bits per heavy atom. The van der Waals surface area contributed by atoms with Gasteiger partial charge in [0.15, 0.2) is 11.5 Å². The normalized spacial score (nSPS) is 22.7. The third-order valence-corrected chi connectivity index (χ3v) is 8.31. The Morgan fingerprint density at radius 3 is 2.28 bits per heavy atom. The van der Waals surface area contributed by atoms with Crippen molar-refractivity contribution >= 4 is 21.5 Å². The smallest absolute Gasteiger partial charge is 0.246 e. The van der Waals surface area contributed by atoms with Gasteiger partial charge < -0.3 is 4.90 Å². The number of nitrogens with zero attached hydrogens (tertiary/aromatic N) is 8. The highest BCUT2D eigenvalue weighted by molar-refractivity contribution is 7.89. The molecular formula is C18H24N8O2S. The molecule has 2 saturated heterocycles. The van der Waals surface area contributed by atoms with Crippen LogP contribution in [0.3, 0.4) is 0 Å². The minimum atomic E-state index is -3.54. The van der Waals surface area contributed by atoms with Crippen LogP contribution in [0.2, 0.25) is 0 Å². The van der Waals surface area contributed by atoms with Crippen molar-refractivity contribution in [2.45, 2.75) is 25.7 Å². The van der Waals surface area contributed by atoms with E-state index in [0.717, 1.165) is 30.4 Å². The SMILES string of the molecule is Cc1nn(C)c(C)c1S(=O)(=O)N1CC2CN(c3ccc4nnc(C)n4n3)CC2C1. The molecule has 0 spiro atoms. The largest absolute Gasteiger partial charge is 0.355 e. The van der Waals surface area contributed by atoms with Crippen molar-refractivity contribution in [3.63, 3.8) is 0 Å². The third kappa shape index (κ3) is 2.75. The molecule has 3 aromatic rings. The van der Waals surface area contributed by atoms with E-state index in [1.165, 1.54) is 0 Å². The molecule has 3 aromatic heterocycles. The number of anilines is 1. The van der Waals surface area contributed by atoms with Crippen LogP contribution in [0.4, 0.5) is 5.82 Å². The summed E-state index contributed by atoms with van der Waals surface area (Å²) in [5.74, 6) is 2.21. The molecule has 154 valence electrons.